The van der Waals surface area contributed by atoms with E-state index in [4.69, 9.17) is 9.84 Å². The summed E-state index contributed by atoms with van der Waals surface area (Å²) in [5, 5.41) is 10.9. The molecular formula is C12H14FNO4. The van der Waals surface area contributed by atoms with Crippen molar-refractivity contribution in [2.45, 2.75) is 26.0 Å². The minimum Gasteiger partial charge on any atom is -0.480 e. The number of carboxylic acid groups (broad SMARTS) is 1. The lowest BCUT2D eigenvalue weighted by Crippen LogP contribution is -2.44. The summed E-state index contributed by atoms with van der Waals surface area (Å²) in [6.07, 6.45) is -0.983. The predicted octanol–water partition coefficient (Wildman–Crippen LogP) is 1.18. The first-order chi connectivity index (χ1) is 8.41. The molecule has 1 unspecified atom stereocenters. The van der Waals surface area contributed by atoms with Crippen molar-refractivity contribution >= 4 is 11.9 Å². The zero-order valence-corrected chi connectivity index (χ0v) is 10.0. The molecule has 5 nitrogen and oxygen atoms in total. The molecule has 6 heteroatoms. The molecule has 18 heavy (non-hydrogen) atoms. The SMILES string of the molecule is CC(Oc1ccccc1F)C(=O)N[C@@H](C)C(=O)O. The summed E-state index contributed by atoms with van der Waals surface area (Å²) in [6.45, 7) is 2.74. The van der Waals surface area contributed by atoms with E-state index >= 15 is 0 Å². The molecular weight excluding hydrogens is 241 g/mol. The first-order valence-electron chi connectivity index (χ1n) is 5.36. The van der Waals surface area contributed by atoms with Crippen LogP contribution in [0.3, 0.4) is 0 Å². The molecule has 0 heterocycles. The van der Waals surface area contributed by atoms with Gasteiger partial charge in [-0.3, -0.25) is 9.59 Å². The highest BCUT2D eigenvalue weighted by Crippen LogP contribution is 2.16. The van der Waals surface area contributed by atoms with Crippen LogP contribution in [0.4, 0.5) is 4.39 Å². The zero-order chi connectivity index (χ0) is 13.7. The molecule has 0 fully saturated rings. The Labute approximate surface area is 104 Å². The lowest BCUT2D eigenvalue weighted by Gasteiger charge is -2.16. The van der Waals surface area contributed by atoms with Crippen molar-refractivity contribution in [1.82, 2.24) is 5.32 Å². The van der Waals surface area contributed by atoms with Crippen molar-refractivity contribution in [3.8, 4) is 5.75 Å². The van der Waals surface area contributed by atoms with E-state index in [9.17, 15) is 14.0 Å². The third-order valence-corrected chi connectivity index (χ3v) is 2.24. The van der Waals surface area contributed by atoms with Gasteiger partial charge in [0.05, 0.1) is 0 Å². The summed E-state index contributed by atoms with van der Waals surface area (Å²) in [5.74, 6) is -2.40. The molecule has 1 aromatic carbocycles. The number of hydrogen-bond acceptors (Lipinski definition) is 3. The largest absolute Gasteiger partial charge is 0.480 e. The van der Waals surface area contributed by atoms with Crippen LogP contribution in [-0.4, -0.2) is 29.1 Å². The molecule has 0 bridgehead atoms. The van der Waals surface area contributed by atoms with Crippen LogP contribution in [0, 0.1) is 5.82 Å². The molecule has 0 saturated carbocycles. The Morgan fingerprint density at radius 1 is 1.33 bits per heavy atom. The van der Waals surface area contributed by atoms with Gasteiger partial charge in [0.15, 0.2) is 17.7 Å². The average molecular weight is 255 g/mol. The summed E-state index contributed by atoms with van der Waals surface area (Å²) < 4.78 is 18.4. The molecule has 0 spiro atoms. The Hall–Kier alpha value is -2.11. The average Bonchev–Trinajstić information content (AvgIpc) is 2.31. The number of nitrogens with one attached hydrogen (secondary N) is 1. The van der Waals surface area contributed by atoms with Gasteiger partial charge in [0.25, 0.3) is 5.91 Å². The molecule has 0 aliphatic heterocycles. The lowest BCUT2D eigenvalue weighted by molar-refractivity contribution is -0.142. The van der Waals surface area contributed by atoms with Gasteiger partial charge in [0, 0.05) is 0 Å². The Morgan fingerprint density at radius 3 is 2.50 bits per heavy atom. The fraction of sp³-hybridized carbons (Fsp3) is 0.333. The van der Waals surface area contributed by atoms with Gasteiger partial charge >= 0.3 is 5.97 Å². The van der Waals surface area contributed by atoms with Gasteiger partial charge < -0.3 is 15.2 Å². The van der Waals surface area contributed by atoms with Crippen LogP contribution in [0.1, 0.15) is 13.8 Å². The highest BCUT2D eigenvalue weighted by Gasteiger charge is 2.20. The molecule has 1 rings (SSSR count). The van der Waals surface area contributed by atoms with Crippen molar-refractivity contribution < 1.29 is 23.8 Å². The number of para-hydroxylation sites is 1. The molecule has 0 radical (unpaired) electrons. The van der Waals surface area contributed by atoms with Gasteiger partial charge in [0.1, 0.15) is 6.04 Å². The minimum atomic E-state index is -1.15. The molecule has 0 aliphatic carbocycles. The monoisotopic (exact) mass is 255 g/mol. The van der Waals surface area contributed by atoms with E-state index in [-0.39, 0.29) is 5.75 Å². The number of hydrogen-bond donors (Lipinski definition) is 2. The van der Waals surface area contributed by atoms with Gasteiger partial charge in [-0.25, -0.2) is 4.39 Å². The second-order valence-electron chi connectivity index (χ2n) is 3.76. The van der Waals surface area contributed by atoms with E-state index in [1.54, 1.807) is 6.07 Å². The summed E-state index contributed by atoms with van der Waals surface area (Å²) in [5.41, 5.74) is 0. The normalized spacial score (nSPS) is 13.5. The number of carbonyl (C=O) groups is 2. The van der Waals surface area contributed by atoms with Gasteiger partial charge in [0.2, 0.25) is 0 Å². The maximum atomic E-state index is 13.3. The van der Waals surface area contributed by atoms with E-state index in [1.165, 1.54) is 32.0 Å². The van der Waals surface area contributed by atoms with Crippen LogP contribution in [0.2, 0.25) is 0 Å². The standard InChI is InChI=1S/C12H14FNO4/c1-7(12(16)17)14-11(15)8(2)18-10-6-4-3-5-9(10)13/h3-8H,1-2H3,(H,14,15)(H,16,17)/t7-,8?/m0/s1. The molecule has 0 aromatic heterocycles. The zero-order valence-electron chi connectivity index (χ0n) is 10.0. The number of halogens is 1. The molecule has 0 aliphatic rings. The summed E-state index contributed by atoms with van der Waals surface area (Å²) in [7, 11) is 0. The molecule has 98 valence electrons. The highest BCUT2D eigenvalue weighted by molar-refractivity contribution is 5.86. The second kappa shape index (κ2) is 6.00. The van der Waals surface area contributed by atoms with Crippen molar-refractivity contribution in [1.29, 1.82) is 0 Å². The number of benzene rings is 1. The van der Waals surface area contributed by atoms with E-state index in [1.807, 2.05) is 0 Å². The Kier molecular flexibility index (Phi) is 4.65. The third-order valence-electron chi connectivity index (χ3n) is 2.24. The number of ether oxygens (including phenoxy) is 1. The Balaban J connectivity index is 2.60. The van der Waals surface area contributed by atoms with Crippen molar-refractivity contribution in [3.05, 3.63) is 30.1 Å². The summed E-state index contributed by atoms with van der Waals surface area (Å²) in [6, 6.07) is 4.64. The number of carbonyl (C=O) groups excluding carboxylic acids is 1. The van der Waals surface area contributed by atoms with Gasteiger partial charge in [-0.05, 0) is 26.0 Å². The fourth-order valence-electron chi connectivity index (χ4n) is 1.18. The van der Waals surface area contributed by atoms with E-state index in [0.29, 0.717) is 0 Å². The smallest absolute Gasteiger partial charge is 0.325 e. The van der Waals surface area contributed by atoms with Crippen LogP contribution in [-0.2, 0) is 9.59 Å². The summed E-state index contributed by atoms with van der Waals surface area (Å²) in [4.78, 5) is 22.1. The first kappa shape index (κ1) is 14.0. The minimum absolute atomic E-state index is 0.0527. The van der Waals surface area contributed by atoms with Gasteiger partial charge in [-0.2, -0.15) is 0 Å². The number of aliphatic carboxylic acids is 1. The van der Waals surface area contributed by atoms with Gasteiger partial charge in [-0.15, -0.1) is 0 Å². The topological polar surface area (TPSA) is 75.6 Å². The van der Waals surface area contributed by atoms with Crippen molar-refractivity contribution in [3.63, 3.8) is 0 Å². The third kappa shape index (κ3) is 3.73. The Bertz CT molecular complexity index is 449. The quantitative estimate of drug-likeness (QED) is 0.828. The van der Waals surface area contributed by atoms with E-state index in [0.717, 1.165) is 0 Å². The van der Waals surface area contributed by atoms with E-state index < -0.39 is 29.8 Å². The number of rotatable bonds is 5. The molecule has 1 amide bonds. The van der Waals surface area contributed by atoms with E-state index in [2.05, 4.69) is 5.32 Å². The van der Waals surface area contributed by atoms with Crippen molar-refractivity contribution in [2.75, 3.05) is 0 Å². The summed E-state index contributed by atoms with van der Waals surface area (Å²) >= 11 is 0. The van der Waals surface area contributed by atoms with Crippen LogP contribution >= 0.6 is 0 Å². The highest BCUT2D eigenvalue weighted by atomic mass is 19.1. The molecule has 2 N–H and O–H groups in total. The molecule has 2 atom stereocenters. The Morgan fingerprint density at radius 2 is 1.94 bits per heavy atom. The van der Waals surface area contributed by atoms with Crippen LogP contribution in [0.5, 0.6) is 5.75 Å². The van der Waals surface area contributed by atoms with Crippen LogP contribution < -0.4 is 10.1 Å². The molecule has 0 saturated heterocycles. The van der Waals surface area contributed by atoms with Gasteiger partial charge in [-0.1, -0.05) is 12.1 Å². The van der Waals surface area contributed by atoms with Crippen LogP contribution in [0.25, 0.3) is 0 Å². The number of amides is 1. The molecule has 1 aromatic rings. The predicted molar refractivity (Wildman–Crippen MR) is 61.7 cm³/mol. The van der Waals surface area contributed by atoms with Crippen molar-refractivity contribution in [2.24, 2.45) is 0 Å². The maximum Gasteiger partial charge on any atom is 0.325 e. The lowest BCUT2D eigenvalue weighted by atomic mass is 10.3. The van der Waals surface area contributed by atoms with Crippen LogP contribution in [0.15, 0.2) is 24.3 Å². The first-order valence-corrected chi connectivity index (χ1v) is 5.36. The second-order valence-corrected chi connectivity index (χ2v) is 3.76. The fourth-order valence-corrected chi connectivity index (χ4v) is 1.18. The maximum absolute atomic E-state index is 13.3. The number of carboxylic acids is 1.